The molecule has 0 radical (unpaired) electrons. The highest BCUT2D eigenvalue weighted by Gasteiger charge is 2.38. The van der Waals surface area contributed by atoms with Crippen LogP contribution in [0.3, 0.4) is 0 Å². The van der Waals surface area contributed by atoms with Crippen molar-refractivity contribution in [3.05, 3.63) is 21.6 Å². The zero-order valence-electron chi connectivity index (χ0n) is 10.7. The molecule has 0 aromatic carbocycles. The summed E-state index contributed by atoms with van der Waals surface area (Å²) in [6, 6.07) is 0. The third-order valence-corrected chi connectivity index (χ3v) is 2.26. The molecule has 0 atom stereocenters. The largest absolute Gasteiger partial charge is 0.458 e. The number of hydrogen-bond donors (Lipinski definition) is 1. The smallest absolute Gasteiger partial charge is 0.415 e. The van der Waals surface area contributed by atoms with Crippen molar-refractivity contribution in [2.24, 2.45) is 0 Å². The van der Waals surface area contributed by atoms with Crippen molar-refractivity contribution < 1.29 is 24.0 Å². The van der Waals surface area contributed by atoms with Crippen LogP contribution in [0.5, 0.6) is 0 Å². The molecule has 0 bridgehead atoms. The van der Waals surface area contributed by atoms with Gasteiger partial charge in [-0.05, 0) is 13.8 Å². The molecule has 19 heavy (non-hydrogen) atoms. The number of nitro groups is 1. The summed E-state index contributed by atoms with van der Waals surface area (Å²) in [6.07, 6.45) is -0.744. The minimum atomic E-state index is -1.09. The Balaban J connectivity index is 3.09. The summed E-state index contributed by atoms with van der Waals surface area (Å²) in [5, 5.41) is 13.6. The second kappa shape index (κ2) is 6.57. The van der Waals surface area contributed by atoms with Gasteiger partial charge >= 0.3 is 17.8 Å². The summed E-state index contributed by atoms with van der Waals surface area (Å²) in [5.41, 5.74) is -0.799. The lowest BCUT2D eigenvalue weighted by molar-refractivity contribution is -0.423. The molecule has 1 heterocycles. The number of nitrogens with zero attached hydrogens (tertiary/aromatic N) is 2. The molecule has 0 aromatic rings. The highest BCUT2D eigenvalue weighted by Crippen LogP contribution is 2.16. The Morgan fingerprint density at radius 3 is 2.53 bits per heavy atom. The van der Waals surface area contributed by atoms with Crippen molar-refractivity contribution in [3.8, 4) is 0 Å². The topological polar surface area (TPSA) is 111 Å². The van der Waals surface area contributed by atoms with Gasteiger partial charge in [-0.25, -0.2) is 9.59 Å². The quantitative estimate of drug-likeness (QED) is 0.333. The summed E-state index contributed by atoms with van der Waals surface area (Å²) in [6.45, 7) is 3.77. The molecule has 0 aromatic heterocycles. The maximum absolute atomic E-state index is 11.6. The average molecular weight is 273 g/mol. The first kappa shape index (κ1) is 14.7. The molecule has 0 aliphatic carbocycles. The molecule has 106 valence electrons. The van der Waals surface area contributed by atoms with E-state index >= 15 is 0 Å². The van der Waals surface area contributed by atoms with E-state index in [-0.39, 0.29) is 25.6 Å². The first-order valence-corrected chi connectivity index (χ1v) is 5.76. The number of hydrogen-bond acceptors (Lipinski definition) is 7. The van der Waals surface area contributed by atoms with Crippen LogP contribution in [0.15, 0.2) is 11.5 Å². The Morgan fingerprint density at radius 1 is 1.37 bits per heavy atom. The molecule has 1 aliphatic heterocycles. The molecule has 9 nitrogen and oxygen atoms in total. The van der Waals surface area contributed by atoms with Crippen LogP contribution >= 0.6 is 0 Å². The Labute approximate surface area is 109 Å². The molecule has 1 aliphatic rings. The van der Waals surface area contributed by atoms with Crippen LogP contribution in [-0.4, -0.2) is 48.2 Å². The molecule has 9 heteroatoms. The molecule has 1 saturated heterocycles. The van der Waals surface area contributed by atoms with Crippen LogP contribution in [0.25, 0.3) is 0 Å². The fraction of sp³-hybridized carbons (Fsp3) is 0.600. The molecule has 1 fully saturated rings. The number of esters is 1. The average Bonchev–Trinajstić information content (AvgIpc) is 2.78. The van der Waals surface area contributed by atoms with Crippen molar-refractivity contribution in [1.82, 2.24) is 10.2 Å². The third kappa shape index (κ3) is 3.33. The second-order valence-corrected chi connectivity index (χ2v) is 3.45. The van der Waals surface area contributed by atoms with Gasteiger partial charge < -0.3 is 14.8 Å². The molecule has 0 saturated carbocycles. The highest BCUT2D eigenvalue weighted by atomic mass is 16.6. The van der Waals surface area contributed by atoms with E-state index in [2.05, 4.69) is 10.1 Å². The van der Waals surface area contributed by atoms with Crippen LogP contribution in [-0.2, 0) is 14.3 Å². The summed E-state index contributed by atoms with van der Waals surface area (Å²) in [7, 11) is 0. The third-order valence-electron chi connectivity index (χ3n) is 2.26. The van der Waals surface area contributed by atoms with Gasteiger partial charge in [0.2, 0.25) is 0 Å². The first-order chi connectivity index (χ1) is 9.02. The van der Waals surface area contributed by atoms with E-state index in [1.807, 2.05) is 0 Å². The van der Waals surface area contributed by atoms with Gasteiger partial charge in [0.05, 0.1) is 18.1 Å². The predicted molar refractivity (Wildman–Crippen MR) is 62.4 cm³/mol. The minimum Gasteiger partial charge on any atom is -0.458 e. The number of amides is 1. The summed E-state index contributed by atoms with van der Waals surface area (Å²) < 4.78 is 9.37. The van der Waals surface area contributed by atoms with Gasteiger partial charge in [-0.1, -0.05) is 0 Å². The van der Waals surface area contributed by atoms with Gasteiger partial charge in [-0.3, -0.25) is 15.0 Å². The second-order valence-electron chi connectivity index (χ2n) is 3.45. The zero-order chi connectivity index (χ0) is 14.4. The Morgan fingerprint density at radius 2 is 2.00 bits per heavy atom. The first-order valence-electron chi connectivity index (χ1n) is 5.76. The normalized spacial score (nSPS) is 16.6. The van der Waals surface area contributed by atoms with Crippen LogP contribution in [0.2, 0.25) is 0 Å². The fourth-order valence-electron chi connectivity index (χ4n) is 1.55. The van der Waals surface area contributed by atoms with Crippen molar-refractivity contribution in [1.29, 1.82) is 0 Å². The van der Waals surface area contributed by atoms with E-state index in [9.17, 15) is 19.7 Å². The van der Waals surface area contributed by atoms with Gasteiger partial charge in [-0.2, -0.15) is 0 Å². The van der Waals surface area contributed by atoms with E-state index < -0.39 is 22.7 Å². The van der Waals surface area contributed by atoms with E-state index in [0.717, 1.165) is 4.90 Å². The number of ether oxygens (including phenoxy) is 2. The zero-order valence-corrected chi connectivity index (χ0v) is 10.7. The molecule has 1 amide bonds. The number of carbonyl (C=O) groups is 2. The van der Waals surface area contributed by atoms with Gasteiger partial charge in [-0.15, -0.1) is 0 Å². The van der Waals surface area contributed by atoms with E-state index in [4.69, 9.17) is 4.74 Å². The Kier molecular flexibility index (Phi) is 5.10. The van der Waals surface area contributed by atoms with Gasteiger partial charge in [0, 0.05) is 13.1 Å². The molecular weight excluding hydrogens is 258 g/mol. The maximum Gasteiger partial charge on any atom is 0.415 e. The van der Waals surface area contributed by atoms with Crippen LogP contribution in [0.4, 0.5) is 4.79 Å². The Bertz CT molecular complexity index is 419. The fourth-order valence-corrected chi connectivity index (χ4v) is 1.55. The number of nitrogens with one attached hydrogen (secondary N) is 1. The van der Waals surface area contributed by atoms with Crippen molar-refractivity contribution in [3.63, 3.8) is 0 Å². The number of rotatable bonds is 4. The molecule has 1 N–H and O–H groups in total. The molecule has 0 unspecified atom stereocenters. The highest BCUT2D eigenvalue weighted by molar-refractivity contribution is 5.87. The molecule has 0 spiro atoms. The monoisotopic (exact) mass is 273 g/mol. The van der Waals surface area contributed by atoms with E-state index in [0.29, 0.717) is 6.54 Å². The summed E-state index contributed by atoms with van der Waals surface area (Å²) in [4.78, 5) is 34.3. The molecule has 1 rings (SSSR count). The van der Waals surface area contributed by atoms with Gasteiger partial charge in [0.15, 0.2) is 5.82 Å². The predicted octanol–water partition coefficient (Wildman–Crippen LogP) is 0.0570. The van der Waals surface area contributed by atoms with Gasteiger partial charge in [0.25, 0.3) is 0 Å². The summed E-state index contributed by atoms with van der Waals surface area (Å²) >= 11 is 0. The van der Waals surface area contributed by atoms with Crippen molar-refractivity contribution >= 4 is 12.1 Å². The maximum atomic E-state index is 11.6. The van der Waals surface area contributed by atoms with Crippen LogP contribution in [0.1, 0.15) is 13.8 Å². The van der Waals surface area contributed by atoms with Crippen LogP contribution < -0.4 is 5.32 Å². The standard InChI is InChI=1S/C10H15N3O6/c1-3-18-9(14)7(13(16)17)8-11-5-6-12(8)10(15)19-4-2/h11H,3-6H2,1-2H3/b8-7+. The SMILES string of the molecule is CCOC(=O)/C(=C1/NCCN1C(=O)OCC)[N+](=O)[O-]. The Hall–Kier alpha value is -2.32. The summed E-state index contributed by atoms with van der Waals surface area (Å²) in [5.74, 6) is -1.28. The lowest BCUT2D eigenvalue weighted by Gasteiger charge is -2.15. The minimum absolute atomic E-state index is 0.00284. The lowest BCUT2D eigenvalue weighted by atomic mass is 10.4. The van der Waals surface area contributed by atoms with Crippen LogP contribution in [0, 0.1) is 10.1 Å². The number of carbonyl (C=O) groups excluding carboxylic acids is 2. The van der Waals surface area contributed by atoms with E-state index in [1.165, 1.54) is 6.92 Å². The lowest BCUT2D eigenvalue weighted by Crippen LogP contribution is -2.33. The van der Waals surface area contributed by atoms with Crippen molar-refractivity contribution in [2.45, 2.75) is 13.8 Å². The van der Waals surface area contributed by atoms with E-state index in [1.54, 1.807) is 6.92 Å². The van der Waals surface area contributed by atoms with Crippen molar-refractivity contribution in [2.75, 3.05) is 26.3 Å². The van der Waals surface area contributed by atoms with Gasteiger partial charge in [0.1, 0.15) is 0 Å². The molecular formula is C10H15N3O6.